The van der Waals surface area contributed by atoms with E-state index in [-0.39, 0.29) is 4.90 Å². The number of nitrogens with two attached hydrogens (primary N) is 1. The summed E-state index contributed by atoms with van der Waals surface area (Å²) in [5.74, 6) is 0.747. The Balaban J connectivity index is 2.17. The number of anilines is 1. The van der Waals surface area contributed by atoms with E-state index in [1.54, 1.807) is 19.2 Å². The van der Waals surface area contributed by atoms with E-state index in [1.165, 1.54) is 12.1 Å². The van der Waals surface area contributed by atoms with Gasteiger partial charge in [0.15, 0.2) is 0 Å². The van der Waals surface area contributed by atoms with Crippen LogP contribution in [-0.2, 0) is 16.6 Å². The molecule has 8 heteroatoms. The summed E-state index contributed by atoms with van der Waals surface area (Å²) in [5.41, 5.74) is 1.74. The van der Waals surface area contributed by atoms with E-state index in [0.29, 0.717) is 6.54 Å². The Morgan fingerprint density at radius 3 is 2.36 bits per heavy atom. The zero-order chi connectivity index (χ0) is 16.3. The first-order chi connectivity index (χ1) is 10.3. The van der Waals surface area contributed by atoms with Gasteiger partial charge in [0.1, 0.15) is 5.75 Å². The van der Waals surface area contributed by atoms with Crippen molar-refractivity contribution in [1.29, 1.82) is 0 Å². The number of hydrogen-bond acceptors (Lipinski definition) is 4. The van der Waals surface area contributed by atoms with Crippen LogP contribution in [0.1, 0.15) is 5.56 Å². The van der Waals surface area contributed by atoms with Gasteiger partial charge in [-0.3, -0.25) is 0 Å². The average Bonchev–Trinajstić information content (AvgIpc) is 2.44. The van der Waals surface area contributed by atoms with Gasteiger partial charge in [-0.2, -0.15) is 0 Å². The van der Waals surface area contributed by atoms with Crippen LogP contribution < -0.4 is 15.2 Å². The van der Waals surface area contributed by atoms with Crippen molar-refractivity contribution in [3.8, 4) is 5.75 Å². The Morgan fingerprint density at radius 2 is 1.82 bits per heavy atom. The number of sulfonamides is 1. The molecule has 0 unspecified atom stereocenters. The average molecular weight is 450 g/mol. The maximum absolute atomic E-state index is 11.2. The summed E-state index contributed by atoms with van der Waals surface area (Å²) in [5, 5.41) is 8.28. The molecule has 0 heterocycles. The molecule has 3 N–H and O–H groups in total. The van der Waals surface area contributed by atoms with Gasteiger partial charge in [-0.1, -0.05) is 15.9 Å². The van der Waals surface area contributed by atoms with Crippen LogP contribution in [0.15, 0.2) is 50.2 Å². The van der Waals surface area contributed by atoms with Crippen LogP contribution in [0, 0.1) is 0 Å². The van der Waals surface area contributed by atoms with Crippen molar-refractivity contribution in [2.24, 2.45) is 5.14 Å². The van der Waals surface area contributed by atoms with Gasteiger partial charge in [-0.05, 0) is 52.3 Å². The van der Waals surface area contributed by atoms with Crippen LogP contribution in [0.2, 0.25) is 0 Å². The third kappa shape index (κ3) is 4.22. The summed E-state index contributed by atoms with van der Waals surface area (Å²) in [4.78, 5) is 0.0841. The van der Waals surface area contributed by atoms with Gasteiger partial charge in [0.25, 0.3) is 0 Å². The minimum Gasteiger partial charge on any atom is -0.495 e. The fraction of sp³-hybridized carbons (Fsp3) is 0.143. The summed E-state index contributed by atoms with van der Waals surface area (Å²) in [6.45, 7) is 0.524. The first-order valence-electron chi connectivity index (χ1n) is 6.20. The molecule has 0 bridgehead atoms. The van der Waals surface area contributed by atoms with E-state index in [2.05, 4.69) is 37.2 Å². The van der Waals surface area contributed by atoms with Crippen LogP contribution in [0.4, 0.5) is 5.69 Å². The molecule has 0 aliphatic carbocycles. The number of methoxy groups -OCH3 is 1. The van der Waals surface area contributed by atoms with Crippen molar-refractivity contribution in [1.82, 2.24) is 0 Å². The number of hydrogen-bond donors (Lipinski definition) is 2. The number of ether oxygens (including phenoxy) is 1. The van der Waals surface area contributed by atoms with Crippen molar-refractivity contribution >= 4 is 47.6 Å². The molecule has 0 aliphatic rings. The van der Waals surface area contributed by atoms with E-state index in [9.17, 15) is 8.42 Å². The number of halogens is 2. The molecule has 2 aromatic carbocycles. The lowest BCUT2D eigenvalue weighted by Gasteiger charge is -2.13. The van der Waals surface area contributed by atoms with Gasteiger partial charge in [-0.15, -0.1) is 0 Å². The summed E-state index contributed by atoms with van der Waals surface area (Å²) in [6.07, 6.45) is 0. The van der Waals surface area contributed by atoms with Crippen molar-refractivity contribution in [2.45, 2.75) is 11.4 Å². The van der Waals surface area contributed by atoms with Crippen LogP contribution in [-0.4, -0.2) is 15.5 Å². The highest BCUT2D eigenvalue weighted by Crippen LogP contribution is 2.33. The largest absolute Gasteiger partial charge is 0.495 e. The predicted molar refractivity (Wildman–Crippen MR) is 93.5 cm³/mol. The van der Waals surface area contributed by atoms with Gasteiger partial charge >= 0.3 is 0 Å². The van der Waals surface area contributed by atoms with Gasteiger partial charge in [0, 0.05) is 22.3 Å². The number of rotatable bonds is 5. The molecule has 22 heavy (non-hydrogen) atoms. The minimum absolute atomic E-state index is 0.0841. The Labute approximate surface area is 146 Å². The highest BCUT2D eigenvalue weighted by Gasteiger charge is 2.10. The Morgan fingerprint density at radius 1 is 1.18 bits per heavy atom. The molecule has 0 aromatic heterocycles. The van der Waals surface area contributed by atoms with Gasteiger partial charge in [0.2, 0.25) is 10.0 Å². The highest BCUT2D eigenvalue weighted by molar-refractivity contribution is 9.11. The normalized spacial score (nSPS) is 11.3. The van der Waals surface area contributed by atoms with Gasteiger partial charge in [-0.25, -0.2) is 13.6 Å². The SMILES string of the molecule is COc1c(Br)cc(Br)cc1CNc1ccc(S(N)(=O)=O)cc1. The minimum atomic E-state index is -3.67. The van der Waals surface area contributed by atoms with E-state index in [0.717, 1.165) is 25.9 Å². The summed E-state index contributed by atoms with van der Waals surface area (Å²) >= 11 is 6.89. The highest BCUT2D eigenvalue weighted by atomic mass is 79.9. The maximum Gasteiger partial charge on any atom is 0.238 e. The molecule has 0 aliphatic heterocycles. The predicted octanol–water partition coefficient (Wildman–Crippen LogP) is 3.48. The zero-order valence-electron chi connectivity index (χ0n) is 11.6. The van der Waals surface area contributed by atoms with Gasteiger partial charge in [0.05, 0.1) is 16.5 Å². The standard InChI is InChI=1S/C14H14Br2N2O3S/c1-21-14-9(6-10(15)7-13(14)16)8-18-11-2-4-12(5-3-11)22(17,19)20/h2-7,18H,8H2,1H3,(H2,17,19,20). The number of nitrogens with one attached hydrogen (secondary N) is 1. The van der Waals surface area contributed by atoms with Crippen LogP contribution in [0.3, 0.4) is 0 Å². The van der Waals surface area contributed by atoms with Crippen molar-refractivity contribution in [3.63, 3.8) is 0 Å². The Hall–Kier alpha value is -1.09. The molecule has 0 atom stereocenters. The van der Waals surface area contributed by atoms with Crippen molar-refractivity contribution < 1.29 is 13.2 Å². The molecule has 118 valence electrons. The lowest BCUT2D eigenvalue weighted by molar-refractivity contribution is 0.407. The second-order valence-electron chi connectivity index (χ2n) is 4.50. The van der Waals surface area contributed by atoms with E-state index >= 15 is 0 Å². The molecule has 5 nitrogen and oxygen atoms in total. The molecule has 2 aromatic rings. The van der Waals surface area contributed by atoms with Crippen LogP contribution in [0.25, 0.3) is 0 Å². The van der Waals surface area contributed by atoms with Crippen molar-refractivity contribution in [2.75, 3.05) is 12.4 Å². The topological polar surface area (TPSA) is 81.4 Å². The monoisotopic (exact) mass is 448 g/mol. The van der Waals surface area contributed by atoms with Crippen LogP contribution in [0.5, 0.6) is 5.75 Å². The summed E-state index contributed by atoms with van der Waals surface area (Å²) < 4.78 is 29.6. The Kier molecular flexibility index (Phi) is 5.49. The molecular formula is C14H14Br2N2O3S. The molecule has 0 saturated carbocycles. The molecule has 0 amide bonds. The second-order valence-corrected chi connectivity index (χ2v) is 7.83. The molecule has 2 rings (SSSR count). The quantitative estimate of drug-likeness (QED) is 0.732. The number of primary sulfonamides is 1. The fourth-order valence-electron chi connectivity index (χ4n) is 1.93. The molecular weight excluding hydrogens is 436 g/mol. The maximum atomic E-state index is 11.2. The zero-order valence-corrected chi connectivity index (χ0v) is 15.6. The third-order valence-corrected chi connectivity index (χ3v) is 4.93. The van der Waals surface area contributed by atoms with E-state index in [4.69, 9.17) is 9.88 Å². The summed E-state index contributed by atoms with van der Waals surface area (Å²) in [7, 11) is -2.06. The molecule has 0 fully saturated rings. The van der Waals surface area contributed by atoms with E-state index in [1.807, 2.05) is 12.1 Å². The van der Waals surface area contributed by atoms with Crippen molar-refractivity contribution in [3.05, 3.63) is 50.9 Å². The summed E-state index contributed by atoms with van der Waals surface area (Å²) in [6, 6.07) is 10.1. The molecule has 0 radical (unpaired) electrons. The third-order valence-electron chi connectivity index (χ3n) is 2.96. The van der Waals surface area contributed by atoms with Gasteiger partial charge < -0.3 is 10.1 Å². The van der Waals surface area contributed by atoms with Crippen LogP contribution >= 0.6 is 31.9 Å². The van der Waals surface area contributed by atoms with E-state index < -0.39 is 10.0 Å². The first-order valence-corrected chi connectivity index (χ1v) is 9.33. The fourth-order valence-corrected chi connectivity index (χ4v) is 3.92. The molecule has 0 spiro atoms. The number of benzene rings is 2. The Bertz CT molecular complexity index is 777. The molecule has 0 saturated heterocycles. The lowest BCUT2D eigenvalue weighted by Crippen LogP contribution is -2.12. The first kappa shape index (κ1) is 17.3. The second kappa shape index (κ2) is 6.99. The lowest BCUT2D eigenvalue weighted by atomic mass is 10.2. The smallest absolute Gasteiger partial charge is 0.238 e.